The van der Waals surface area contributed by atoms with Crippen molar-refractivity contribution >= 4 is 17.3 Å². The molecule has 1 aromatic rings. The van der Waals surface area contributed by atoms with Crippen molar-refractivity contribution in [1.29, 1.82) is 0 Å². The third-order valence-electron chi connectivity index (χ3n) is 2.99. The van der Waals surface area contributed by atoms with Crippen molar-refractivity contribution in [2.45, 2.75) is 25.8 Å². The summed E-state index contributed by atoms with van der Waals surface area (Å²) in [6.45, 7) is 3.16. The van der Waals surface area contributed by atoms with E-state index in [1.54, 1.807) is 13.0 Å². The number of carboxylic acid groups (broad SMARTS) is 1. The highest BCUT2D eigenvalue weighted by molar-refractivity contribution is 5.84. The second-order valence-corrected chi connectivity index (χ2v) is 4.23. The van der Waals surface area contributed by atoms with Crippen LogP contribution < -0.4 is 10.1 Å². The van der Waals surface area contributed by atoms with E-state index in [2.05, 4.69) is 5.32 Å². The first kappa shape index (κ1) is 14.7. The summed E-state index contributed by atoms with van der Waals surface area (Å²) in [4.78, 5) is 21.7. The molecule has 7 nitrogen and oxygen atoms in total. The molecule has 0 heterocycles. The van der Waals surface area contributed by atoms with Gasteiger partial charge in [0.15, 0.2) is 5.75 Å². The number of methoxy groups -OCH3 is 1. The molecule has 0 aromatic heterocycles. The van der Waals surface area contributed by atoms with E-state index in [-0.39, 0.29) is 23.5 Å². The van der Waals surface area contributed by atoms with Crippen molar-refractivity contribution in [2.75, 3.05) is 12.4 Å². The van der Waals surface area contributed by atoms with Crippen LogP contribution in [0.25, 0.3) is 0 Å². The molecule has 7 heteroatoms. The fraction of sp³-hybridized carbons (Fsp3) is 0.417. The number of aliphatic carboxylic acids is 1. The lowest BCUT2D eigenvalue weighted by Gasteiger charge is -2.25. The third-order valence-corrected chi connectivity index (χ3v) is 2.99. The lowest BCUT2D eigenvalue weighted by atomic mass is 9.98. The van der Waals surface area contributed by atoms with E-state index in [0.717, 1.165) is 0 Å². The van der Waals surface area contributed by atoms with E-state index in [0.29, 0.717) is 0 Å². The van der Waals surface area contributed by atoms with Crippen LogP contribution in [0.1, 0.15) is 20.3 Å². The highest BCUT2D eigenvalue weighted by Gasteiger charge is 2.34. The molecule has 0 bridgehead atoms. The summed E-state index contributed by atoms with van der Waals surface area (Å²) in [6, 6.07) is 4.47. The molecule has 0 fully saturated rings. The van der Waals surface area contributed by atoms with E-state index < -0.39 is 16.4 Å². The zero-order valence-electron chi connectivity index (χ0n) is 11.0. The average Bonchev–Trinajstić information content (AvgIpc) is 2.37. The number of nitro groups is 1. The number of hydrogen-bond donors (Lipinski definition) is 2. The molecule has 0 aliphatic rings. The van der Waals surface area contributed by atoms with Crippen molar-refractivity contribution < 1.29 is 19.6 Å². The largest absolute Gasteiger partial charge is 0.490 e. The number of carboxylic acids is 1. The predicted octanol–water partition coefficient (Wildman–Crippen LogP) is 2.27. The molecular formula is C12H16N2O5. The molecule has 0 saturated carbocycles. The number of carbonyl (C=O) groups is 1. The molecule has 1 rings (SSSR count). The van der Waals surface area contributed by atoms with Gasteiger partial charge in [-0.2, -0.15) is 0 Å². The Morgan fingerprint density at radius 2 is 2.21 bits per heavy atom. The van der Waals surface area contributed by atoms with E-state index in [9.17, 15) is 20.0 Å². The maximum Gasteiger partial charge on any atom is 0.333 e. The maximum atomic E-state index is 11.2. The van der Waals surface area contributed by atoms with Crippen molar-refractivity contribution in [3.05, 3.63) is 28.3 Å². The SMILES string of the molecule is CCC(C)(Nc1cccc(OC)c1[N+](=O)[O-])C(=O)O. The van der Waals surface area contributed by atoms with Gasteiger partial charge >= 0.3 is 11.7 Å². The summed E-state index contributed by atoms with van der Waals surface area (Å²) >= 11 is 0. The Labute approximate surface area is 110 Å². The lowest BCUT2D eigenvalue weighted by molar-refractivity contribution is -0.384. The fourth-order valence-corrected chi connectivity index (χ4v) is 1.57. The summed E-state index contributed by atoms with van der Waals surface area (Å²) in [7, 11) is 1.32. The van der Waals surface area contributed by atoms with Crippen LogP contribution in [0.15, 0.2) is 18.2 Å². The molecule has 104 valence electrons. The van der Waals surface area contributed by atoms with Gasteiger partial charge in [-0.1, -0.05) is 13.0 Å². The number of hydrogen-bond acceptors (Lipinski definition) is 5. The standard InChI is InChI=1S/C12H16N2O5/c1-4-12(2,11(15)16)13-8-6-5-7-9(19-3)10(8)14(17)18/h5-7,13H,4H2,1-3H3,(H,15,16). The first-order valence-electron chi connectivity index (χ1n) is 5.68. The quantitative estimate of drug-likeness (QED) is 0.606. The number of nitrogens with zero attached hydrogens (tertiary/aromatic N) is 1. The van der Waals surface area contributed by atoms with Crippen LogP contribution in [0.3, 0.4) is 0 Å². The molecule has 0 spiro atoms. The van der Waals surface area contributed by atoms with Crippen LogP contribution in [-0.4, -0.2) is 28.6 Å². The first-order chi connectivity index (χ1) is 8.85. The summed E-state index contributed by atoms with van der Waals surface area (Å²) < 4.78 is 4.93. The van der Waals surface area contributed by atoms with Gasteiger partial charge in [0, 0.05) is 0 Å². The monoisotopic (exact) mass is 268 g/mol. The topological polar surface area (TPSA) is 102 Å². The zero-order chi connectivity index (χ0) is 14.6. The van der Waals surface area contributed by atoms with Crippen molar-refractivity contribution in [2.24, 2.45) is 0 Å². The molecule has 1 atom stereocenters. The Kier molecular flexibility index (Phi) is 4.31. The van der Waals surface area contributed by atoms with E-state index in [4.69, 9.17) is 4.74 Å². The second-order valence-electron chi connectivity index (χ2n) is 4.23. The Hall–Kier alpha value is -2.31. The van der Waals surface area contributed by atoms with Crippen molar-refractivity contribution in [1.82, 2.24) is 0 Å². The van der Waals surface area contributed by atoms with Gasteiger partial charge in [-0.05, 0) is 25.5 Å². The predicted molar refractivity (Wildman–Crippen MR) is 69.6 cm³/mol. The number of rotatable bonds is 6. The molecule has 0 aliphatic heterocycles. The fourth-order valence-electron chi connectivity index (χ4n) is 1.57. The molecule has 19 heavy (non-hydrogen) atoms. The summed E-state index contributed by atoms with van der Waals surface area (Å²) in [5.41, 5.74) is -1.43. The lowest BCUT2D eigenvalue weighted by Crippen LogP contribution is -2.42. The minimum absolute atomic E-state index is 0.0823. The number of anilines is 1. The van der Waals surface area contributed by atoms with Gasteiger partial charge < -0.3 is 15.2 Å². The highest BCUT2D eigenvalue weighted by Crippen LogP contribution is 2.36. The number of nitrogens with one attached hydrogen (secondary N) is 1. The maximum absolute atomic E-state index is 11.2. The van der Waals surface area contributed by atoms with E-state index >= 15 is 0 Å². The summed E-state index contributed by atoms with van der Waals surface area (Å²) in [5.74, 6) is -0.994. The van der Waals surface area contributed by atoms with Crippen LogP contribution in [0.4, 0.5) is 11.4 Å². The van der Waals surface area contributed by atoms with Gasteiger partial charge in [-0.25, -0.2) is 4.79 Å². The first-order valence-corrected chi connectivity index (χ1v) is 5.68. The Balaban J connectivity index is 3.28. The Morgan fingerprint density at radius 1 is 1.58 bits per heavy atom. The zero-order valence-corrected chi connectivity index (χ0v) is 11.0. The molecule has 0 saturated heterocycles. The van der Waals surface area contributed by atoms with Crippen molar-refractivity contribution in [3.63, 3.8) is 0 Å². The minimum atomic E-state index is -1.28. The van der Waals surface area contributed by atoms with Gasteiger partial charge in [0.05, 0.1) is 12.0 Å². The average molecular weight is 268 g/mol. The molecule has 2 N–H and O–H groups in total. The molecule has 1 unspecified atom stereocenters. The number of nitro benzene ring substituents is 1. The normalized spacial score (nSPS) is 13.4. The molecule has 0 amide bonds. The van der Waals surface area contributed by atoms with Crippen LogP contribution in [-0.2, 0) is 4.79 Å². The van der Waals surface area contributed by atoms with Crippen LogP contribution in [0, 0.1) is 10.1 Å². The summed E-state index contributed by atoms with van der Waals surface area (Å²) in [6.07, 6.45) is 0.275. The number of para-hydroxylation sites is 1. The van der Waals surface area contributed by atoms with E-state index in [1.807, 2.05) is 0 Å². The Bertz CT molecular complexity index is 503. The van der Waals surface area contributed by atoms with Crippen LogP contribution in [0.2, 0.25) is 0 Å². The molecule has 1 aromatic carbocycles. The third kappa shape index (κ3) is 2.93. The minimum Gasteiger partial charge on any atom is -0.490 e. The molecule has 0 radical (unpaired) electrons. The van der Waals surface area contributed by atoms with E-state index in [1.165, 1.54) is 26.2 Å². The molecule has 0 aliphatic carbocycles. The van der Waals surface area contributed by atoms with Gasteiger partial charge in [-0.15, -0.1) is 0 Å². The number of ether oxygens (including phenoxy) is 1. The van der Waals surface area contributed by atoms with Gasteiger partial charge in [0.2, 0.25) is 0 Å². The van der Waals surface area contributed by atoms with Crippen molar-refractivity contribution in [3.8, 4) is 5.75 Å². The molecular weight excluding hydrogens is 252 g/mol. The smallest absolute Gasteiger partial charge is 0.333 e. The number of benzene rings is 1. The Morgan fingerprint density at radius 3 is 2.63 bits per heavy atom. The van der Waals surface area contributed by atoms with Gasteiger partial charge in [0.25, 0.3) is 0 Å². The van der Waals surface area contributed by atoms with Gasteiger partial charge in [0.1, 0.15) is 11.2 Å². The second kappa shape index (κ2) is 5.55. The van der Waals surface area contributed by atoms with Crippen LogP contribution >= 0.6 is 0 Å². The van der Waals surface area contributed by atoms with Crippen LogP contribution in [0.5, 0.6) is 5.75 Å². The summed E-state index contributed by atoms with van der Waals surface area (Å²) in [5, 5.41) is 23.0. The van der Waals surface area contributed by atoms with Gasteiger partial charge in [-0.3, -0.25) is 10.1 Å². The highest BCUT2D eigenvalue weighted by atomic mass is 16.6.